The van der Waals surface area contributed by atoms with Gasteiger partial charge in [-0.3, -0.25) is 6.07 Å². The van der Waals surface area contributed by atoms with Gasteiger partial charge in [-0.05, 0) is 11.6 Å². The van der Waals surface area contributed by atoms with E-state index in [0.717, 1.165) is 10.9 Å². The van der Waals surface area contributed by atoms with Crippen LogP contribution in [0.4, 0.5) is 5.69 Å². The Morgan fingerprint density at radius 1 is 1.46 bits per heavy atom. The van der Waals surface area contributed by atoms with Crippen LogP contribution in [0.3, 0.4) is 0 Å². The molecule has 0 saturated heterocycles. The minimum absolute atomic E-state index is 0. The second-order valence-electron chi connectivity index (χ2n) is 2.43. The standard InChI is InChI=1S/C10H6N2.U/c1-11-9-4-5-10-8(7-9)3-2-6-12-10;/h1-3,5-7H;/q-2;+2. The van der Waals surface area contributed by atoms with Gasteiger partial charge >= 0.3 is 31.1 Å². The Morgan fingerprint density at radius 2 is 2.31 bits per heavy atom. The smallest absolute Gasteiger partial charge is 0.485 e. The van der Waals surface area contributed by atoms with Gasteiger partial charge in [0.25, 0.3) is 0 Å². The summed E-state index contributed by atoms with van der Waals surface area (Å²) in [5, 5.41) is 1.03. The van der Waals surface area contributed by atoms with Crippen LogP contribution in [0.2, 0.25) is 0 Å². The number of fused-ring (bicyclic) bond motifs is 1. The summed E-state index contributed by atoms with van der Waals surface area (Å²) in [6.07, 6.45) is 1.75. The zero-order valence-corrected chi connectivity index (χ0v) is 11.0. The maximum absolute atomic E-state index is 5.11. The summed E-state index contributed by atoms with van der Waals surface area (Å²) in [7, 11) is 0. The maximum Gasteiger partial charge on any atom is 2.00 e. The van der Waals surface area contributed by atoms with Crippen molar-refractivity contribution in [1.29, 1.82) is 0 Å². The molecule has 0 amide bonds. The van der Waals surface area contributed by atoms with E-state index in [9.17, 15) is 0 Å². The van der Waals surface area contributed by atoms with Crippen LogP contribution in [0.1, 0.15) is 0 Å². The van der Waals surface area contributed by atoms with E-state index in [1.165, 1.54) is 0 Å². The summed E-state index contributed by atoms with van der Waals surface area (Å²) < 4.78 is 0. The summed E-state index contributed by atoms with van der Waals surface area (Å²) in [6, 6.07) is 10.4. The van der Waals surface area contributed by atoms with E-state index in [2.05, 4.69) is 16.0 Å². The number of hydrogen-bond acceptors (Lipinski definition) is 2. The van der Waals surface area contributed by atoms with E-state index in [4.69, 9.17) is 6.72 Å². The van der Waals surface area contributed by atoms with Crippen LogP contribution >= 0.6 is 0 Å². The Bertz CT molecular complexity index is 426. The molecule has 0 unspecified atom stereocenters. The van der Waals surface area contributed by atoms with Gasteiger partial charge in [0.1, 0.15) is 0 Å². The van der Waals surface area contributed by atoms with Crippen molar-refractivity contribution in [2.75, 3.05) is 0 Å². The number of rotatable bonds is 1. The number of hydrogen-bond donors (Lipinski definition) is 0. The molecule has 1 aromatic heterocycles. The van der Waals surface area contributed by atoms with Crippen molar-refractivity contribution < 1.29 is 31.1 Å². The Hall–Kier alpha value is -0.648. The zero-order valence-electron chi connectivity index (χ0n) is 6.86. The van der Waals surface area contributed by atoms with Gasteiger partial charge in [0.15, 0.2) is 0 Å². The quantitative estimate of drug-likeness (QED) is 0.540. The molecular weight excluding hydrogens is 386 g/mol. The van der Waals surface area contributed by atoms with E-state index in [0.29, 0.717) is 5.69 Å². The summed E-state index contributed by atoms with van der Waals surface area (Å²) in [5.74, 6) is 0. The largest absolute Gasteiger partial charge is 2.00 e. The maximum atomic E-state index is 5.11. The molecule has 0 aliphatic carbocycles. The van der Waals surface area contributed by atoms with Crippen molar-refractivity contribution in [3.05, 3.63) is 36.5 Å². The molecule has 3 heteroatoms. The van der Waals surface area contributed by atoms with E-state index in [1.54, 1.807) is 12.3 Å². The molecule has 0 radical (unpaired) electrons. The molecule has 0 bridgehead atoms. The minimum atomic E-state index is 0. The molecule has 13 heavy (non-hydrogen) atoms. The molecule has 0 fully saturated rings. The molecule has 2 aromatic rings. The average molecular weight is 392 g/mol. The third kappa shape index (κ3) is 2.18. The van der Waals surface area contributed by atoms with Crippen molar-refractivity contribution in [3.8, 4) is 0 Å². The molecule has 0 aliphatic rings. The van der Waals surface area contributed by atoms with Crippen LogP contribution in [0, 0.1) is 37.2 Å². The van der Waals surface area contributed by atoms with Crippen LogP contribution in [0.25, 0.3) is 10.9 Å². The third-order valence-corrected chi connectivity index (χ3v) is 1.66. The van der Waals surface area contributed by atoms with Crippen LogP contribution in [0.5, 0.6) is 0 Å². The number of pyridine rings is 1. The first-order valence-corrected chi connectivity index (χ1v) is 3.57. The van der Waals surface area contributed by atoms with Crippen molar-refractivity contribution in [1.82, 2.24) is 4.98 Å². The summed E-state index contributed by atoms with van der Waals surface area (Å²) in [5.41, 5.74) is 1.56. The van der Waals surface area contributed by atoms with Gasteiger partial charge in [-0.25, -0.2) is 11.8 Å². The van der Waals surface area contributed by atoms with Gasteiger partial charge in [-0.15, -0.1) is 5.39 Å². The monoisotopic (exact) mass is 392 g/mol. The normalized spacial score (nSPS) is 9.23. The molecule has 60 valence electrons. The molecule has 1 aromatic carbocycles. The molecule has 0 aliphatic heterocycles. The van der Waals surface area contributed by atoms with E-state index < -0.39 is 0 Å². The van der Waals surface area contributed by atoms with Crippen LogP contribution in [-0.4, -0.2) is 11.7 Å². The van der Waals surface area contributed by atoms with Crippen LogP contribution in [-0.2, 0) is 0 Å². The van der Waals surface area contributed by atoms with Gasteiger partial charge in [-0.2, -0.15) is 12.8 Å². The number of benzene rings is 1. The molecule has 1 heterocycles. The zero-order chi connectivity index (χ0) is 8.39. The van der Waals surface area contributed by atoms with Gasteiger partial charge in [0, 0.05) is 6.20 Å². The molecule has 2 rings (SSSR count). The van der Waals surface area contributed by atoms with Crippen molar-refractivity contribution >= 4 is 23.3 Å². The molecule has 0 saturated carbocycles. The summed E-state index contributed by atoms with van der Waals surface area (Å²) in [4.78, 5) is 7.68. The molecule has 0 N–H and O–H groups in total. The van der Waals surface area contributed by atoms with Crippen molar-refractivity contribution in [2.45, 2.75) is 0 Å². The van der Waals surface area contributed by atoms with Crippen LogP contribution < -0.4 is 0 Å². The molecule has 0 atom stereocenters. The Balaban J connectivity index is 0.000000845. The number of nitrogens with zero attached hydrogens (tertiary/aromatic N) is 2. The Morgan fingerprint density at radius 3 is 3.08 bits per heavy atom. The van der Waals surface area contributed by atoms with E-state index in [-0.39, 0.29) is 31.1 Å². The topological polar surface area (TPSA) is 25.2 Å². The van der Waals surface area contributed by atoms with Gasteiger partial charge in [0.05, 0.1) is 0 Å². The molecule has 2 nitrogen and oxygen atoms in total. The van der Waals surface area contributed by atoms with E-state index in [1.807, 2.05) is 18.2 Å². The van der Waals surface area contributed by atoms with Gasteiger partial charge < -0.3 is 9.98 Å². The summed E-state index contributed by atoms with van der Waals surface area (Å²) in [6.45, 7) is 5.11. The minimum Gasteiger partial charge on any atom is -0.485 e. The van der Waals surface area contributed by atoms with Crippen LogP contribution in [0.15, 0.2) is 35.5 Å². The van der Waals surface area contributed by atoms with Crippen molar-refractivity contribution in [3.63, 3.8) is 0 Å². The number of aliphatic imine (C=N–C) groups is 1. The Labute approximate surface area is 100 Å². The fraction of sp³-hybridized carbons (Fsp3) is 0. The molecule has 0 spiro atoms. The predicted molar refractivity (Wildman–Crippen MR) is 48.7 cm³/mol. The summed E-state index contributed by atoms with van der Waals surface area (Å²) >= 11 is 0. The average Bonchev–Trinajstić information content (AvgIpc) is 2.17. The van der Waals surface area contributed by atoms with Gasteiger partial charge in [0.2, 0.25) is 0 Å². The fourth-order valence-corrected chi connectivity index (χ4v) is 1.08. The fourth-order valence-electron chi connectivity index (χ4n) is 1.08. The van der Waals surface area contributed by atoms with E-state index >= 15 is 0 Å². The first kappa shape index (κ1) is 10.4. The molecular formula is C10H6N2U. The predicted octanol–water partition coefficient (Wildman–Crippen LogP) is 2.24. The first-order valence-electron chi connectivity index (χ1n) is 3.57. The number of aromatic nitrogens is 1. The SMILES string of the molecule is [CH-]=Nc1[c-]cc2ncccc2c1.[U+2]. The second-order valence-corrected chi connectivity index (χ2v) is 2.43. The Kier molecular flexibility index (Phi) is 3.65. The first-order chi connectivity index (χ1) is 5.90. The third-order valence-electron chi connectivity index (χ3n) is 1.66. The van der Waals surface area contributed by atoms with Crippen molar-refractivity contribution in [2.24, 2.45) is 4.99 Å². The van der Waals surface area contributed by atoms with Gasteiger partial charge in [-0.1, -0.05) is 6.07 Å². The second kappa shape index (κ2) is 4.55.